The van der Waals surface area contributed by atoms with E-state index >= 15 is 0 Å². The van der Waals surface area contributed by atoms with Crippen molar-refractivity contribution in [3.8, 4) is 12.3 Å². The van der Waals surface area contributed by atoms with Crippen LogP contribution in [0.4, 0.5) is 0 Å². The Hall–Kier alpha value is -1.50. The van der Waals surface area contributed by atoms with Gasteiger partial charge in [-0.15, -0.1) is 6.42 Å². The van der Waals surface area contributed by atoms with Gasteiger partial charge in [-0.3, -0.25) is 9.59 Å². The molecule has 15 heavy (non-hydrogen) atoms. The minimum absolute atomic E-state index is 0.0101. The molecule has 0 saturated heterocycles. The van der Waals surface area contributed by atoms with Gasteiger partial charge in [-0.2, -0.15) is 0 Å². The van der Waals surface area contributed by atoms with Crippen molar-refractivity contribution in [1.29, 1.82) is 0 Å². The quantitative estimate of drug-likeness (QED) is 0.699. The van der Waals surface area contributed by atoms with E-state index in [0.717, 1.165) is 25.7 Å². The molecule has 0 spiro atoms. The van der Waals surface area contributed by atoms with E-state index in [1.165, 1.54) is 4.90 Å². The van der Waals surface area contributed by atoms with Crippen LogP contribution in [0.15, 0.2) is 0 Å². The molecule has 4 nitrogen and oxygen atoms in total. The number of hydrogen-bond acceptors (Lipinski definition) is 2. The van der Waals surface area contributed by atoms with Crippen molar-refractivity contribution in [1.82, 2.24) is 4.90 Å². The first-order valence-corrected chi connectivity index (χ1v) is 5.10. The second kappa shape index (κ2) is 5.40. The predicted molar refractivity (Wildman–Crippen MR) is 55.1 cm³/mol. The number of nitrogens with zero attached hydrogens (tertiary/aromatic N) is 1. The van der Waals surface area contributed by atoms with E-state index in [1.807, 2.05) is 0 Å². The summed E-state index contributed by atoms with van der Waals surface area (Å²) >= 11 is 0. The van der Waals surface area contributed by atoms with Crippen LogP contribution < -0.4 is 0 Å². The highest BCUT2D eigenvalue weighted by atomic mass is 16.4. The Morgan fingerprint density at radius 2 is 2.00 bits per heavy atom. The summed E-state index contributed by atoms with van der Waals surface area (Å²) < 4.78 is 0. The van der Waals surface area contributed by atoms with E-state index in [2.05, 4.69) is 5.92 Å². The van der Waals surface area contributed by atoms with Gasteiger partial charge >= 0.3 is 5.97 Å². The molecular weight excluding hydrogens is 194 g/mol. The van der Waals surface area contributed by atoms with E-state index in [4.69, 9.17) is 11.5 Å². The molecule has 1 N–H and O–H groups in total. The maximum Gasteiger partial charge on any atom is 0.323 e. The molecule has 0 radical (unpaired) electrons. The van der Waals surface area contributed by atoms with Gasteiger partial charge in [-0.05, 0) is 12.8 Å². The Morgan fingerprint density at radius 3 is 2.47 bits per heavy atom. The monoisotopic (exact) mass is 209 g/mol. The van der Waals surface area contributed by atoms with E-state index < -0.39 is 5.97 Å². The highest BCUT2D eigenvalue weighted by Gasteiger charge is 2.27. The van der Waals surface area contributed by atoms with Crippen LogP contribution in [-0.4, -0.2) is 34.5 Å². The van der Waals surface area contributed by atoms with Gasteiger partial charge in [0.1, 0.15) is 6.54 Å². The Labute approximate surface area is 89.3 Å². The number of carbonyl (C=O) groups excluding carboxylic acids is 1. The van der Waals surface area contributed by atoms with Crippen molar-refractivity contribution < 1.29 is 14.7 Å². The van der Waals surface area contributed by atoms with Crippen molar-refractivity contribution in [3.05, 3.63) is 0 Å². The summed E-state index contributed by atoms with van der Waals surface area (Å²) in [5, 5.41) is 8.72. The largest absolute Gasteiger partial charge is 0.480 e. The normalized spacial score (nSPS) is 15.9. The molecule has 0 aromatic heterocycles. The second-order valence-electron chi connectivity index (χ2n) is 3.73. The molecule has 0 aromatic rings. The zero-order valence-corrected chi connectivity index (χ0v) is 8.61. The van der Waals surface area contributed by atoms with Crippen LogP contribution >= 0.6 is 0 Å². The lowest BCUT2D eigenvalue weighted by atomic mass is 10.2. The third kappa shape index (κ3) is 3.28. The fourth-order valence-electron chi connectivity index (χ4n) is 1.97. The van der Waals surface area contributed by atoms with Gasteiger partial charge < -0.3 is 10.0 Å². The van der Waals surface area contributed by atoms with Crippen molar-refractivity contribution >= 4 is 11.9 Å². The Bertz CT molecular complexity index is 287. The summed E-state index contributed by atoms with van der Waals surface area (Å²) in [7, 11) is 0. The van der Waals surface area contributed by atoms with Gasteiger partial charge in [0.15, 0.2) is 0 Å². The van der Waals surface area contributed by atoms with Crippen LogP contribution in [-0.2, 0) is 9.59 Å². The highest BCUT2D eigenvalue weighted by molar-refractivity contribution is 5.83. The summed E-state index contributed by atoms with van der Waals surface area (Å²) in [6.45, 7) is -0.231. The molecule has 1 fully saturated rings. The van der Waals surface area contributed by atoms with Gasteiger partial charge in [-0.25, -0.2) is 0 Å². The molecule has 4 heteroatoms. The van der Waals surface area contributed by atoms with E-state index in [0.29, 0.717) is 0 Å². The summed E-state index contributed by atoms with van der Waals surface area (Å²) in [5.74, 6) is 1.04. The minimum Gasteiger partial charge on any atom is -0.480 e. The Morgan fingerprint density at radius 1 is 1.40 bits per heavy atom. The molecule has 1 rings (SSSR count). The summed E-state index contributed by atoms with van der Waals surface area (Å²) in [6.07, 6.45) is 8.95. The molecule has 1 aliphatic carbocycles. The summed E-state index contributed by atoms with van der Waals surface area (Å²) in [4.78, 5) is 23.6. The Balaban J connectivity index is 2.63. The number of carbonyl (C=O) groups is 2. The smallest absolute Gasteiger partial charge is 0.323 e. The second-order valence-corrected chi connectivity index (χ2v) is 3.73. The fraction of sp³-hybridized carbons (Fsp3) is 0.636. The zero-order chi connectivity index (χ0) is 11.3. The Kier molecular flexibility index (Phi) is 4.17. The summed E-state index contributed by atoms with van der Waals surface area (Å²) in [6, 6.07) is 0.0712. The van der Waals surface area contributed by atoms with Crippen LogP contribution in [0, 0.1) is 12.3 Å². The maximum absolute atomic E-state index is 11.6. The average molecular weight is 209 g/mol. The molecule has 0 aromatic carbocycles. The molecule has 82 valence electrons. The van der Waals surface area contributed by atoms with Crippen molar-refractivity contribution in [3.63, 3.8) is 0 Å². The molecule has 0 aliphatic heterocycles. The number of rotatable bonds is 4. The fourth-order valence-corrected chi connectivity index (χ4v) is 1.97. The van der Waals surface area contributed by atoms with Crippen LogP contribution in [0.3, 0.4) is 0 Å². The van der Waals surface area contributed by atoms with Crippen molar-refractivity contribution in [2.24, 2.45) is 0 Å². The maximum atomic E-state index is 11.6. The molecule has 1 amide bonds. The first-order chi connectivity index (χ1) is 7.15. The topological polar surface area (TPSA) is 57.6 Å². The third-order valence-corrected chi connectivity index (χ3v) is 2.64. The molecule has 1 aliphatic rings. The zero-order valence-electron chi connectivity index (χ0n) is 8.61. The van der Waals surface area contributed by atoms with Gasteiger partial charge in [0.25, 0.3) is 0 Å². The van der Waals surface area contributed by atoms with Gasteiger partial charge in [-0.1, -0.05) is 18.8 Å². The first kappa shape index (κ1) is 11.6. The van der Waals surface area contributed by atoms with E-state index in [1.54, 1.807) is 0 Å². The van der Waals surface area contributed by atoms with Crippen molar-refractivity contribution in [2.45, 2.75) is 38.1 Å². The van der Waals surface area contributed by atoms with Crippen LogP contribution in [0.5, 0.6) is 0 Å². The van der Waals surface area contributed by atoms with Crippen molar-refractivity contribution in [2.75, 3.05) is 6.54 Å². The molecular formula is C11H15NO3. The van der Waals surface area contributed by atoms with Crippen LogP contribution in [0.1, 0.15) is 32.1 Å². The lowest BCUT2D eigenvalue weighted by Crippen LogP contribution is -2.42. The van der Waals surface area contributed by atoms with E-state index in [-0.39, 0.29) is 24.9 Å². The lowest BCUT2D eigenvalue weighted by Gasteiger charge is -2.26. The van der Waals surface area contributed by atoms with Gasteiger partial charge in [0, 0.05) is 6.04 Å². The third-order valence-electron chi connectivity index (χ3n) is 2.64. The van der Waals surface area contributed by atoms with Crippen LogP contribution in [0.25, 0.3) is 0 Å². The molecule has 0 unspecified atom stereocenters. The SMILES string of the molecule is C#CCC(=O)N(CC(=O)O)C1CCCC1. The lowest BCUT2D eigenvalue weighted by molar-refractivity contribution is -0.145. The number of hydrogen-bond donors (Lipinski definition) is 1. The van der Waals surface area contributed by atoms with E-state index in [9.17, 15) is 9.59 Å². The predicted octanol–water partition coefficient (Wildman–Crippen LogP) is 0.865. The van der Waals surface area contributed by atoms with Crippen LogP contribution in [0.2, 0.25) is 0 Å². The number of aliphatic carboxylic acids is 1. The van der Waals surface area contributed by atoms with Gasteiger partial charge in [0.2, 0.25) is 5.91 Å². The number of terminal acetylenes is 1. The molecule has 0 atom stereocenters. The highest BCUT2D eigenvalue weighted by Crippen LogP contribution is 2.23. The average Bonchev–Trinajstić information content (AvgIpc) is 2.66. The number of amides is 1. The van der Waals surface area contributed by atoms with Gasteiger partial charge in [0.05, 0.1) is 6.42 Å². The summed E-state index contributed by atoms with van der Waals surface area (Å²) in [5.41, 5.74) is 0. The molecule has 0 heterocycles. The number of carboxylic acid groups (broad SMARTS) is 1. The standard InChI is InChI=1S/C11H15NO3/c1-2-5-10(13)12(8-11(14)15)9-6-3-4-7-9/h1,9H,3-8H2,(H,14,15). The minimum atomic E-state index is -0.979. The molecule has 1 saturated carbocycles. The first-order valence-electron chi connectivity index (χ1n) is 5.10. The number of carboxylic acids is 1. The molecule has 0 bridgehead atoms.